The Hall–Kier alpha value is -2.21. The summed E-state index contributed by atoms with van der Waals surface area (Å²) in [6, 6.07) is 6.30. The lowest BCUT2D eigenvalue weighted by atomic mass is 10.2. The number of benzene rings is 1. The minimum Gasteiger partial charge on any atom is -0.329 e. The van der Waals surface area contributed by atoms with Crippen molar-refractivity contribution in [2.45, 2.75) is 6.92 Å². The molecule has 0 saturated heterocycles. The van der Waals surface area contributed by atoms with Gasteiger partial charge in [0.05, 0.1) is 0 Å². The van der Waals surface area contributed by atoms with Crippen molar-refractivity contribution in [2.24, 2.45) is 5.84 Å². The van der Waals surface area contributed by atoms with Gasteiger partial charge in [-0.3, -0.25) is 5.43 Å². The fraction of sp³-hybridized carbons (Fsp3) is 0.167. The number of anilines is 3. The van der Waals surface area contributed by atoms with E-state index >= 15 is 0 Å². The number of hydrogen-bond acceptors (Lipinski definition) is 5. The number of halogens is 1. The maximum absolute atomic E-state index is 13.2. The van der Waals surface area contributed by atoms with Crippen LogP contribution < -0.4 is 16.2 Å². The van der Waals surface area contributed by atoms with E-state index in [4.69, 9.17) is 5.84 Å². The van der Waals surface area contributed by atoms with E-state index < -0.39 is 0 Å². The summed E-state index contributed by atoms with van der Waals surface area (Å²) in [5.41, 5.74) is 3.97. The van der Waals surface area contributed by atoms with Gasteiger partial charge in [-0.2, -0.15) is 4.98 Å². The highest BCUT2D eigenvalue weighted by Crippen LogP contribution is 2.25. The highest BCUT2D eigenvalue weighted by Gasteiger charge is 2.10. The predicted octanol–water partition coefficient (Wildman–Crippen LogP) is 1.98. The Morgan fingerprint density at radius 2 is 2.17 bits per heavy atom. The van der Waals surface area contributed by atoms with E-state index in [9.17, 15) is 4.39 Å². The van der Waals surface area contributed by atoms with Gasteiger partial charge in [0.25, 0.3) is 0 Å². The number of hydrogen-bond donors (Lipinski definition) is 2. The van der Waals surface area contributed by atoms with Gasteiger partial charge in [0.2, 0.25) is 5.95 Å². The van der Waals surface area contributed by atoms with E-state index in [-0.39, 0.29) is 5.82 Å². The molecule has 3 N–H and O–H groups in total. The molecule has 0 fully saturated rings. The lowest BCUT2D eigenvalue weighted by Crippen LogP contribution is -2.16. The fourth-order valence-corrected chi connectivity index (χ4v) is 1.65. The molecule has 2 aromatic rings. The van der Waals surface area contributed by atoms with Gasteiger partial charge in [0, 0.05) is 24.5 Å². The molecule has 94 valence electrons. The molecule has 1 aromatic heterocycles. The summed E-state index contributed by atoms with van der Waals surface area (Å²) in [7, 11) is 1.81. The van der Waals surface area contributed by atoms with Gasteiger partial charge < -0.3 is 4.90 Å². The summed E-state index contributed by atoms with van der Waals surface area (Å²) >= 11 is 0. The molecule has 0 unspecified atom stereocenters. The molecule has 1 heterocycles. The van der Waals surface area contributed by atoms with Crippen molar-refractivity contribution in [1.82, 2.24) is 9.97 Å². The van der Waals surface area contributed by atoms with Crippen LogP contribution in [0.3, 0.4) is 0 Å². The Morgan fingerprint density at radius 1 is 1.39 bits per heavy atom. The van der Waals surface area contributed by atoms with Crippen LogP contribution in [0.4, 0.5) is 21.8 Å². The Bertz CT molecular complexity index is 558. The van der Waals surface area contributed by atoms with Gasteiger partial charge in [-0.1, -0.05) is 6.07 Å². The second kappa shape index (κ2) is 4.97. The Kier molecular flexibility index (Phi) is 3.38. The molecular weight excluding hydrogens is 233 g/mol. The molecule has 0 aliphatic rings. The van der Waals surface area contributed by atoms with E-state index in [0.717, 1.165) is 5.56 Å². The lowest BCUT2D eigenvalue weighted by molar-refractivity contribution is 0.628. The van der Waals surface area contributed by atoms with Crippen molar-refractivity contribution in [1.29, 1.82) is 0 Å². The third-order valence-corrected chi connectivity index (χ3v) is 2.59. The molecule has 0 amide bonds. The van der Waals surface area contributed by atoms with Crippen LogP contribution in [0.1, 0.15) is 5.56 Å². The quantitative estimate of drug-likeness (QED) is 0.641. The first-order chi connectivity index (χ1) is 8.61. The summed E-state index contributed by atoms with van der Waals surface area (Å²) in [5, 5.41) is 0. The van der Waals surface area contributed by atoms with Crippen molar-refractivity contribution in [3.05, 3.63) is 41.8 Å². The van der Waals surface area contributed by atoms with Crippen LogP contribution in [0.5, 0.6) is 0 Å². The molecule has 6 heteroatoms. The minimum atomic E-state index is -0.289. The van der Waals surface area contributed by atoms with E-state index in [0.29, 0.717) is 17.5 Å². The molecular formula is C12H14FN5. The maximum atomic E-state index is 13.2. The number of nitrogens with two attached hydrogens (primary N) is 1. The summed E-state index contributed by atoms with van der Waals surface area (Å²) in [5.74, 6) is 5.98. The third kappa shape index (κ3) is 2.38. The van der Waals surface area contributed by atoms with Crippen molar-refractivity contribution in [3.63, 3.8) is 0 Å². The standard InChI is InChI=1S/C12H14FN5/c1-8-7-15-12(17-14)16-11(8)18(2)10-5-3-4-9(13)6-10/h3-7H,14H2,1-2H3,(H,15,16,17). The molecule has 1 aromatic carbocycles. The largest absolute Gasteiger partial charge is 0.329 e. The highest BCUT2D eigenvalue weighted by molar-refractivity contribution is 5.62. The molecule has 0 spiro atoms. The van der Waals surface area contributed by atoms with E-state index in [1.807, 2.05) is 14.0 Å². The van der Waals surface area contributed by atoms with Gasteiger partial charge in [0.1, 0.15) is 11.6 Å². The maximum Gasteiger partial charge on any atom is 0.239 e. The van der Waals surface area contributed by atoms with E-state index in [1.165, 1.54) is 12.1 Å². The first-order valence-electron chi connectivity index (χ1n) is 5.41. The topological polar surface area (TPSA) is 67.1 Å². The van der Waals surface area contributed by atoms with Gasteiger partial charge in [-0.15, -0.1) is 0 Å². The summed E-state index contributed by atoms with van der Waals surface area (Å²) < 4.78 is 13.2. The number of aromatic nitrogens is 2. The molecule has 0 aliphatic carbocycles. The van der Waals surface area contributed by atoms with Crippen molar-refractivity contribution >= 4 is 17.5 Å². The molecule has 0 bridgehead atoms. The monoisotopic (exact) mass is 247 g/mol. The minimum absolute atomic E-state index is 0.289. The number of nitrogen functional groups attached to an aromatic ring is 1. The molecule has 2 rings (SSSR count). The van der Waals surface area contributed by atoms with Crippen LogP contribution >= 0.6 is 0 Å². The lowest BCUT2D eigenvalue weighted by Gasteiger charge is -2.20. The van der Waals surface area contributed by atoms with Gasteiger partial charge in [-0.25, -0.2) is 15.2 Å². The van der Waals surface area contributed by atoms with E-state index in [1.54, 1.807) is 23.2 Å². The SMILES string of the molecule is Cc1cnc(NN)nc1N(C)c1cccc(F)c1. The Morgan fingerprint density at radius 3 is 2.83 bits per heavy atom. The Balaban J connectivity index is 2.41. The first kappa shape index (κ1) is 12.3. The molecule has 0 aliphatic heterocycles. The highest BCUT2D eigenvalue weighted by atomic mass is 19.1. The smallest absolute Gasteiger partial charge is 0.239 e. The van der Waals surface area contributed by atoms with Crippen LogP contribution in [0, 0.1) is 12.7 Å². The van der Waals surface area contributed by atoms with Gasteiger partial charge >= 0.3 is 0 Å². The normalized spacial score (nSPS) is 10.2. The number of aryl methyl sites for hydroxylation is 1. The zero-order chi connectivity index (χ0) is 13.1. The molecule has 0 saturated carbocycles. The summed E-state index contributed by atoms with van der Waals surface area (Å²) in [6.07, 6.45) is 1.66. The number of hydrazine groups is 1. The molecule has 0 radical (unpaired) electrons. The van der Waals surface area contributed by atoms with Crippen molar-refractivity contribution in [2.75, 3.05) is 17.4 Å². The average Bonchev–Trinajstić information content (AvgIpc) is 2.38. The first-order valence-corrected chi connectivity index (χ1v) is 5.41. The van der Waals surface area contributed by atoms with Crippen molar-refractivity contribution in [3.8, 4) is 0 Å². The summed E-state index contributed by atoms with van der Waals surface area (Å²) in [4.78, 5) is 10.0. The van der Waals surface area contributed by atoms with Crippen LogP contribution in [-0.2, 0) is 0 Å². The zero-order valence-electron chi connectivity index (χ0n) is 10.2. The zero-order valence-corrected chi connectivity index (χ0v) is 10.2. The van der Waals surface area contributed by atoms with Crippen molar-refractivity contribution < 1.29 is 4.39 Å². The van der Waals surface area contributed by atoms with Crippen LogP contribution in [0.25, 0.3) is 0 Å². The Labute approximate surface area is 104 Å². The van der Waals surface area contributed by atoms with Crippen LogP contribution in [-0.4, -0.2) is 17.0 Å². The second-order valence-electron chi connectivity index (χ2n) is 3.88. The average molecular weight is 247 g/mol. The second-order valence-corrected chi connectivity index (χ2v) is 3.88. The van der Waals surface area contributed by atoms with Gasteiger partial charge in [0.15, 0.2) is 0 Å². The molecule has 0 atom stereocenters. The number of rotatable bonds is 3. The van der Waals surface area contributed by atoms with Gasteiger partial charge in [-0.05, 0) is 25.1 Å². The number of nitrogens with zero attached hydrogens (tertiary/aromatic N) is 3. The summed E-state index contributed by atoms with van der Waals surface area (Å²) in [6.45, 7) is 1.88. The van der Waals surface area contributed by atoms with E-state index in [2.05, 4.69) is 15.4 Å². The third-order valence-electron chi connectivity index (χ3n) is 2.59. The van der Waals surface area contributed by atoms with Crippen LogP contribution in [0.2, 0.25) is 0 Å². The van der Waals surface area contributed by atoms with Crippen LogP contribution in [0.15, 0.2) is 30.5 Å². The molecule has 18 heavy (non-hydrogen) atoms. The predicted molar refractivity (Wildman–Crippen MR) is 69.0 cm³/mol. The number of nitrogens with one attached hydrogen (secondary N) is 1. The fourth-order valence-electron chi connectivity index (χ4n) is 1.65. The molecule has 5 nitrogen and oxygen atoms in total.